The van der Waals surface area contributed by atoms with Crippen molar-refractivity contribution in [1.29, 1.82) is 0 Å². The molecule has 0 unspecified atom stereocenters. The van der Waals surface area contributed by atoms with Gasteiger partial charge in [0.05, 0.1) is 12.7 Å². The molecule has 0 aliphatic heterocycles. The van der Waals surface area contributed by atoms with Crippen molar-refractivity contribution in [1.82, 2.24) is 29.8 Å². The van der Waals surface area contributed by atoms with Crippen molar-refractivity contribution in [3.05, 3.63) is 18.2 Å². The molecule has 0 N–H and O–H groups in total. The van der Waals surface area contributed by atoms with E-state index in [4.69, 9.17) is 0 Å². The van der Waals surface area contributed by atoms with E-state index in [9.17, 15) is 0 Å². The molecule has 6 nitrogen and oxygen atoms in total. The molecule has 0 spiro atoms. The maximum atomic E-state index is 4.12. The van der Waals surface area contributed by atoms with Crippen molar-refractivity contribution in [3.8, 4) is 5.95 Å². The van der Waals surface area contributed by atoms with Crippen LogP contribution in [-0.4, -0.2) is 29.8 Å². The molecule has 7 heteroatoms. The maximum Gasteiger partial charge on any atom is 0.275 e. The van der Waals surface area contributed by atoms with E-state index in [0.29, 0.717) is 5.95 Å². The van der Waals surface area contributed by atoms with Gasteiger partial charge in [0.25, 0.3) is 5.95 Å². The van der Waals surface area contributed by atoms with Crippen LogP contribution in [0.4, 0.5) is 0 Å². The highest BCUT2D eigenvalue weighted by molar-refractivity contribution is 9.08. The predicted molar refractivity (Wildman–Crippen MR) is 48.6 cm³/mol. The number of tetrazole rings is 1. The van der Waals surface area contributed by atoms with Crippen LogP contribution in [0.15, 0.2) is 12.5 Å². The zero-order chi connectivity index (χ0) is 9.26. The summed E-state index contributed by atoms with van der Waals surface area (Å²) in [4.78, 5) is 5.53. The van der Waals surface area contributed by atoms with E-state index in [-0.39, 0.29) is 0 Å². The summed E-state index contributed by atoms with van der Waals surface area (Å²) in [6, 6.07) is 0. The van der Waals surface area contributed by atoms with E-state index in [2.05, 4.69) is 36.3 Å². The van der Waals surface area contributed by atoms with Crippen LogP contribution in [0.2, 0.25) is 0 Å². The Labute approximate surface area is 82.7 Å². The van der Waals surface area contributed by atoms with Crippen LogP contribution in [0.1, 0.15) is 5.69 Å². The molecule has 0 fully saturated rings. The molecule has 2 aromatic rings. The van der Waals surface area contributed by atoms with E-state index < -0.39 is 0 Å². The standard InChI is InChI=1S/C6H7BrN6/c1-12-10-6(9-11-12)13-3-5(2-7)8-4-13/h3-4H,2H2,1H3. The van der Waals surface area contributed by atoms with Gasteiger partial charge in [0.1, 0.15) is 6.33 Å². The van der Waals surface area contributed by atoms with Crippen molar-refractivity contribution in [3.63, 3.8) is 0 Å². The molecule has 0 saturated heterocycles. The third-order valence-corrected chi connectivity index (χ3v) is 2.08. The zero-order valence-electron chi connectivity index (χ0n) is 6.92. The fraction of sp³-hybridized carbons (Fsp3) is 0.333. The number of hydrogen-bond acceptors (Lipinski definition) is 4. The minimum absolute atomic E-state index is 0.530. The lowest BCUT2D eigenvalue weighted by Crippen LogP contribution is -1.95. The third kappa shape index (κ3) is 1.59. The summed E-state index contributed by atoms with van der Waals surface area (Å²) >= 11 is 3.31. The molecule has 0 atom stereocenters. The van der Waals surface area contributed by atoms with Crippen LogP contribution in [0.3, 0.4) is 0 Å². The van der Waals surface area contributed by atoms with Crippen LogP contribution in [0, 0.1) is 0 Å². The monoisotopic (exact) mass is 242 g/mol. The minimum Gasteiger partial charge on any atom is -0.271 e. The van der Waals surface area contributed by atoms with Crippen molar-refractivity contribution in [2.24, 2.45) is 7.05 Å². The van der Waals surface area contributed by atoms with Gasteiger partial charge in [0.2, 0.25) is 0 Å². The second-order valence-electron chi connectivity index (χ2n) is 2.48. The second-order valence-corrected chi connectivity index (χ2v) is 3.05. The van der Waals surface area contributed by atoms with E-state index in [1.54, 1.807) is 17.9 Å². The normalized spacial score (nSPS) is 10.6. The molecule has 2 heterocycles. The third-order valence-electron chi connectivity index (χ3n) is 1.50. The van der Waals surface area contributed by atoms with E-state index >= 15 is 0 Å². The van der Waals surface area contributed by atoms with Gasteiger partial charge in [-0.15, -0.1) is 5.10 Å². The number of rotatable bonds is 2. The summed E-state index contributed by atoms with van der Waals surface area (Å²) < 4.78 is 1.73. The first-order chi connectivity index (χ1) is 6.29. The lowest BCUT2D eigenvalue weighted by molar-refractivity contribution is 0.628. The predicted octanol–water partition coefficient (Wildman–Crippen LogP) is 0.291. The largest absolute Gasteiger partial charge is 0.275 e. The van der Waals surface area contributed by atoms with Crippen molar-refractivity contribution in [2.45, 2.75) is 5.33 Å². The zero-order valence-corrected chi connectivity index (χ0v) is 8.51. The Bertz CT molecular complexity index is 405. The molecular formula is C6H7BrN6. The molecule has 0 radical (unpaired) electrons. The Morgan fingerprint density at radius 2 is 2.38 bits per heavy atom. The molecule has 0 aliphatic carbocycles. The Hall–Kier alpha value is -1.24. The summed E-state index contributed by atoms with van der Waals surface area (Å²) in [6.45, 7) is 0. The number of hydrogen-bond donors (Lipinski definition) is 0. The molecule has 0 bridgehead atoms. The number of aromatic nitrogens is 6. The summed E-state index contributed by atoms with van der Waals surface area (Å²) in [5, 5.41) is 12.3. The highest BCUT2D eigenvalue weighted by Crippen LogP contribution is 2.04. The van der Waals surface area contributed by atoms with Gasteiger partial charge in [-0.05, 0) is 5.21 Å². The number of alkyl halides is 1. The van der Waals surface area contributed by atoms with E-state index in [1.165, 1.54) is 4.80 Å². The maximum absolute atomic E-state index is 4.12. The molecule has 2 aromatic heterocycles. The summed E-state index contributed by atoms with van der Waals surface area (Å²) in [6.07, 6.45) is 3.51. The van der Waals surface area contributed by atoms with Gasteiger partial charge < -0.3 is 0 Å². The Morgan fingerprint density at radius 3 is 2.92 bits per heavy atom. The first kappa shape index (κ1) is 8.36. The number of aryl methyl sites for hydroxylation is 1. The van der Waals surface area contributed by atoms with Crippen LogP contribution in [0.5, 0.6) is 0 Å². The minimum atomic E-state index is 0.530. The molecule has 0 aromatic carbocycles. The number of nitrogens with zero attached hydrogens (tertiary/aromatic N) is 6. The average molecular weight is 243 g/mol. The lowest BCUT2D eigenvalue weighted by Gasteiger charge is -1.89. The molecule has 13 heavy (non-hydrogen) atoms. The summed E-state index contributed by atoms with van der Waals surface area (Å²) in [5.41, 5.74) is 0.937. The lowest BCUT2D eigenvalue weighted by atomic mass is 10.6. The Kier molecular flexibility index (Phi) is 2.09. The number of halogens is 1. The fourth-order valence-corrected chi connectivity index (χ4v) is 1.21. The van der Waals surface area contributed by atoms with Crippen LogP contribution in [0.25, 0.3) is 5.95 Å². The van der Waals surface area contributed by atoms with E-state index in [1.807, 2.05) is 6.20 Å². The molecule has 0 amide bonds. The molecule has 0 aliphatic rings. The van der Waals surface area contributed by atoms with Crippen molar-refractivity contribution < 1.29 is 0 Å². The second kappa shape index (κ2) is 3.25. The van der Waals surface area contributed by atoms with Crippen LogP contribution in [-0.2, 0) is 12.4 Å². The van der Waals surface area contributed by atoms with Gasteiger partial charge >= 0.3 is 0 Å². The van der Waals surface area contributed by atoms with Gasteiger partial charge in [0.15, 0.2) is 0 Å². The quantitative estimate of drug-likeness (QED) is 0.711. The van der Waals surface area contributed by atoms with Crippen molar-refractivity contribution >= 4 is 15.9 Å². The molecular weight excluding hydrogens is 236 g/mol. The first-order valence-electron chi connectivity index (χ1n) is 3.63. The van der Waals surface area contributed by atoms with Gasteiger partial charge in [-0.2, -0.15) is 4.80 Å². The van der Waals surface area contributed by atoms with Crippen LogP contribution < -0.4 is 0 Å². The van der Waals surface area contributed by atoms with Crippen LogP contribution >= 0.6 is 15.9 Å². The summed E-state index contributed by atoms with van der Waals surface area (Å²) in [5.74, 6) is 0.530. The van der Waals surface area contributed by atoms with E-state index in [0.717, 1.165) is 11.0 Å². The van der Waals surface area contributed by atoms with Crippen molar-refractivity contribution in [2.75, 3.05) is 0 Å². The summed E-state index contributed by atoms with van der Waals surface area (Å²) in [7, 11) is 1.72. The highest BCUT2D eigenvalue weighted by Gasteiger charge is 2.03. The Morgan fingerprint density at radius 1 is 1.54 bits per heavy atom. The smallest absolute Gasteiger partial charge is 0.271 e. The highest BCUT2D eigenvalue weighted by atomic mass is 79.9. The van der Waals surface area contributed by atoms with Gasteiger partial charge in [-0.25, -0.2) is 4.98 Å². The molecule has 2 rings (SSSR count). The Balaban J connectivity index is 2.35. The first-order valence-corrected chi connectivity index (χ1v) is 4.75. The number of imidazole rings is 1. The SMILES string of the molecule is Cn1nnc(-n2cnc(CBr)c2)n1. The van der Waals surface area contributed by atoms with Gasteiger partial charge in [0, 0.05) is 11.5 Å². The van der Waals surface area contributed by atoms with Gasteiger partial charge in [-0.1, -0.05) is 21.0 Å². The molecule has 68 valence electrons. The fourth-order valence-electron chi connectivity index (χ4n) is 0.919. The topological polar surface area (TPSA) is 61.4 Å². The average Bonchev–Trinajstić information content (AvgIpc) is 2.71. The van der Waals surface area contributed by atoms with Gasteiger partial charge in [-0.3, -0.25) is 4.57 Å². The molecule has 0 saturated carbocycles.